The summed E-state index contributed by atoms with van der Waals surface area (Å²) in [7, 11) is 5.40. The van der Waals surface area contributed by atoms with Crippen LogP contribution in [0.15, 0.2) is 4.79 Å². The molecule has 0 amide bonds. The minimum Gasteiger partial charge on any atom is -0.474 e. The van der Waals surface area contributed by atoms with Crippen molar-refractivity contribution in [3.63, 3.8) is 0 Å². The maximum absolute atomic E-state index is 12.8. The zero-order valence-corrected chi connectivity index (χ0v) is 16.9. The van der Waals surface area contributed by atoms with E-state index in [4.69, 9.17) is 4.74 Å². The third-order valence-corrected chi connectivity index (χ3v) is 5.53. The van der Waals surface area contributed by atoms with Gasteiger partial charge in [0, 0.05) is 26.1 Å². The van der Waals surface area contributed by atoms with Crippen LogP contribution < -0.4 is 10.4 Å². The van der Waals surface area contributed by atoms with Crippen molar-refractivity contribution in [1.82, 2.24) is 24.0 Å². The molecule has 3 heterocycles. The zero-order chi connectivity index (χ0) is 19.7. The second kappa shape index (κ2) is 7.80. The van der Waals surface area contributed by atoms with Crippen LogP contribution in [0.1, 0.15) is 50.1 Å². The summed E-state index contributed by atoms with van der Waals surface area (Å²) in [6.07, 6.45) is 3.90. The Kier molecular flexibility index (Phi) is 5.64. The first-order valence-corrected chi connectivity index (χ1v) is 9.65. The topological polar surface area (TPSA) is 82.2 Å². The van der Waals surface area contributed by atoms with Gasteiger partial charge in [-0.15, -0.1) is 0 Å². The number of ether oxygens (including phenoxy) is 1. The van der Waals surface area contributed by atoms with Crippen molar-refractivity contribution >= 4 is 16.9 Å². The largest absolute Gasteiger partial charge is 0.474 e. The van der Waals surface area contributed by atoms with Gasteiger partial charge in [0.25, 0.3) is 0 Å². The molecule has 0 saturated carbocycles. The number of likely N-dealkylation sites (N-methyl/N-ethyl adjacent to an activating group) is 1. The molecule has 0 aliphatic carbocycles. The van der Waals surface area contributed by atoms with Gasteiger partial charge in [0.05, 0.1) is 0 Å². The lowest BCUT2D eigenvalue weighted by atomic mass is 10.0. The molecule has 1 aliphatic heterocycles. The molecule has 3 rings (SSSR count). The molecule has 8 nitrogen and oxygen atoms in total. The Morgan fingerprint density at radius 2 is 2.00 bits per heavy atom. The third kappa shape index (κ3) is 3.63. The number of hydrogen-bond acceptors (Lipinski definition) is 6. The molecule has 2 aromatic heterocycles. The van der Waals surface area contributed by atoms with E-state index < -0.39 is 0 Å². The number of aromatic nitrogens is 4. The van der Waals surface area contributed by atoms with Gasteiger partial charge >= 0.3 is 5.69 Å². The van der Waals surface area contributed by atoms with Crippen molar-refractivity contribution < 1.29 is 9.53 Å². The Balaban J connectivity index is 2.02. The first-order chi connectivity index (χ1) is 12.8. The lowest BCUT2D eigenvalue weighted by Crippen LogP contribution is -2.31. The number of hydrogen-bond donors (Lipinski definition) is 0. The van der Waals surface area contributed by atoms with Gasteiger partial charge in [-0.3, -0.25) is 13.9 Å². The summed E-state index contributed by atoms with van der Waals surface area (Å²) in [5, 5.41) is 0. The van der Waals surface area contributed by atoms with Crippen molar-refractivity contribution in [2.24, 2.45) is 20.0 Å². The molecule has 2 unspecified atom stereocenters. The Morgan fingerprint density at radius 3 is 2.63 bits per heavy atom. The number of Topliss-reactive ketones (excluding diaryl/α,β-unsaturated/α-hetero) is 1. The number of imidazole rings is 1. The molecule has 8 heteroatoms. The first-order valence-electron chi connectivity index (χ1n) is 9.65. The Hall–Kier alpha value is -2.22. The molecule has 0 N–H and O–H groups in total. The van der Waals surface area contributed by atoms with E-state index in [1.807, 2.05) is 13.8 Å². The maximum Gasteiger partial charge on any atom is 0.329 e. The van der Waals surface area contributed by atoms with Gasteiger partial charge in [-0.2, -0.15) is 4.98 Å². The van der Waals surface area contributed by atoms with E-state index in [0.717, 1.165) is 32.2 Å². The molecule has 1 saturated heterocycles. The number of fused-ring (bicyclic) bond motifs is 1. The second-order valence-electron chi connectivity index (χ2n) is 7.57. The fourth-order valence-electron chi connectivity index (χ4n) is 3.72. The van der Waals surface area contributed by atoms with Gasteiger partial charge in [0.15, 0.2) is 11.2 Å². The summed E-state index contributed by atoms with van der Waals surface area (Å²) >= 11 is 0. The van der Waals surface area contributed by atoms with E-state index in [0.29, 0.717) is 29.7 Å². The van der Waals surface area contributed by atoms with Crippen molar-refractivity contribution in [3.8, 4) is 5.88 Å². The molecular formula is C19H29N5O3. The number of ketones is 1. The number of nitrogens with zero attached hydrogens (tertiary/aromatic N) is 5. The number of aryl methyl sites for hydroxylation is 2. The standard InChI is InChI=1S/C19H29N5O3/c1-6-8-12(2)15(25)16-20-17-14(23(4)19(26)24(17)5)18(21-16)27-11-13-9-7-10-22(13)3/h12-13H,6-11H2,1-5H3. The highest BCUT2D eigenvalue weighted by molar-refractivity contribution is 5.96. The van der Waals surface area contributed by atoms with Crippen LogP contribution in [0.4, 0.5) is 0 Å². The van der Waals surface area contributed by atoms with Crippen LogP contribution in [0, 0.1) is 5.92 Å². The van der Waals surface area contributed by atoms with Crippen LogP contribution in [0.5, 0.6) is 5.88 Å². The van der Waals surface area contributed by atoms with Crippen LogP contribution in [0.3, 0.4) is 0 Å². The molecule has 1 fully saturated rings. The SMILES string of the molecule is CCCC(C)C(=O)c1nc(OCC2CCCN2C)c2c(n1)n(C)c(=O)n2C. The molecule has 148 valence electrons. The number of likely N-dealkylation sites (tertiary alicyclic amines) is 1. The van der Waals surface area contributed by atoms with Crippen molar-refractivity contribution in [2.45, 2.75) is 45.6 Å². The quantitative estimate of drug-likeness (QED) is 0.686. The fourth-order valence-corrected chi connectivity index (χ4v) is 3.72. The molecule has 0 radical (unpaired) electrons. The highest BCUT2D eigenvalue weighted by atomic mass is 16.5. The summed E-state index contributed by atoms with van der Waals surface area (Å²) in [4.78, 5) is 36.2. The fraction of sp³-hybridized carbons (Fsp3) is 0.684. The molecule has 27 heavy (non-hydrogen) atoms. The summed E-state index contributed by atoms with van der Waals surface area (Å²) < 4.78 is 8.95. The highest BCUT2D eigenvalue weighted by Gasteiger charge is 2.26. The van der Waals surface area contributed by atoms with E-state index in [-0.39, 0.29) is 23.2 Å². The molecule has 2 atom stereocenters. The number of carbonyl (C=O) groups is 1. The minimum absolute atomic E-state index is 0.113. The number of rotatable bonds is 7. The van der Waals surface area contributed by atoms with Crippen LogP contribution in [0.2, 0.25) is 0 Å². The molecule has 1 aliphatic rings. The minimum atomic E-state index is -0.214. The lowest BCUT2D eigenvalue weighted by molar-refractivity contribution is 0.0911. The molecule has 2 aromatic rings. The average molecular weight is 375 g/mol. The normalized spacial score (nSPS) is 18.9. The summed E-state index contributed by atoms with van der Waals surface area (Å²) in [6.45, 7) is 5.46. The van der Waals surface area contributed by atoms with Crippen LogP contribution in [-0.2, 0) is 14.1 Å². The van der Waals surface area contributed by atoms with Gasteiger partial charge in [0.1, 0.15) is 6.61 Å². The van der Waals surface area contributed by atoms with Crippen molar-refractivity contribution in [1.29, 1.82) is 0 Å². The summed E-state index contributed by atoms with van der Waals surface area (Å²) in [5.41, 5.74) is 0.746. The molecule has 0 bridgehead atoms. The third-order valence-electron chi connectivity index (χ3n) is 5.53. The Labute approximate surface area is 159 Å². The predicted octanol–water partition coefficient (Wildman–Crippen LogP) is 1.76. The van der Waals surface area contributed by atoms with Crippen molar-refractivity contribution in [3.05, 3.63) is 16.3 Å². The van der Waals surface area contributed by atoms with Gasteiger partial charge in [-0.05, 0) is 32.9 Å². The van der Waals surface area contributed by atoms with Gasteiger partial charge in [0.2, 0.25) is 17.5 Å². The maximum atomic E-state index is 12.8. The van der Waals surface area contributed by atoms with E-state index >= 15 is 0 Å². The van der Waals surface area contributed by atoms with Crippen LogP contribution in [0.25, 0.3) is 11.2 Å². The average Bonchev–Trinajstić information content (AvgIpc) is 3.16. The second-order valence-corrected chi connectivity index (χ2v) is 7.57. The summed E-state index contributed by atoms with van der Waals surface area (Å²) in [5.74, 6) is 0.159. The van der Waals surface area contributed by atoms with Gasteiger partial charge < -0.3 is 9.64 Å². The monoisotopic (exact) mass is 375 g/mol. The number of carbonyl (C=O) groups excluding carboxylic acids is 1. The van der Waals surface area contributed by atoms with E-state index in [1.165, 1.54) is 9.13 Å². The zero-order valence-electron chi connectivity index (χ0n) is 16.9. The van der Waals surface area contributed by atoms with Crippen LogP contribution >= 0.6 is 0 Å². The summed E-state index contributed by atoms with van der Waals surface area (Å²) in [6, 6.07) is 0.314. The predicted molar refractivity (Wildman–Crippen MR) is 103 cm³/mol. The molecule has 0 aromatic carbocycles. The van der Waals surface area contributed by atoms with Crippen LogP contribution in [-0.4, -0.2) is 56.0 Å². The van der Waals surface area contributed by atoms with E-state index in [2.05, 4.69) is 21.9 Å². The van der Waals surface area contributed by atoms with E-state index in [1.54, 1.807) is 14.1 Å². The van der Waals surface area contributed by atoms with Crippen molar-refractivity contribution in [2.75, 3.05) is 20.2 Å². The smallest absolute Gasteiger partial charge is 0.329 e. The Bertz CT molecular complexity index is 901. The highest BCUT2D eigenvalue weighted by Crippen LogP contribution is 2.24. The van der Waals surface area contributed by atoms with Gasteiger partial charge in [-0.1, -0.05) is 20.3 Å². The first kappa shape index (κ1) is 19.5. The molecular weight excluding hydrogens is 346 g/mol. The Morgan fingerprint density at radius 1 is 1.26 bits per heavy atom. The van der Waals surface area contributed by atoms with E-state index in [9.17, 15) is 9.59 Å². The van der Waals surface area contributed by atoms with Gasteiger partial charge in [-0.25, -0.2) is 9.78 Å². The molecule has 0 spiro atoms. The lowest BCUT2D eigenvalue weighted by Gasteiger charge is -2.19.